The highest BCUT2D eigenvalue weighted by Gasteiger charge is 2.11. The monoisotopic (exact) mass is 303 g/mol. The zero-order chi connectivity index (χ0) is 16.1. The lowest BCUT2D eigenvalue weighted by Gasteiger charge is -2.06. The van der Waals surface area contributed by atoms with Crippen molar-refractivity contribution in [1.82, 2.24) is 10.2 Å². The van der Waals surface area contributed by atoms with Gasteiger partial charge in [-0.15, -0.1) is 10.2 Å². The number of methoxy groups -OCH3 is 1. The Balaban J connectivity index is 2.44. The molecule has 1 aromatic heterocycles. The highest BCUT2D eigenvalue weighted by molar-refractivity contribution is 5.94. The minimum atomic E-state index is -0.180. The Morgan fingerprint density at radius 1 is 1.27 bits per heavy atom. The van der Waals surface area contributed by atoms with Gasteiger partial charge in [-0.25, -0.2) is 4.99 Å². The molecular weight excluding hydrogens is 286 g/mol. The molecule has 1 aromatic carbocycles. The molecule has 2 rings (SSSR count). The topological polar surface area (TPSA) is 151 Å². The fraction of sp³-hybridized carbons (Fsp3) is 0.231. The van der Waals surface area contributed by atoms with Crippen molar-refractivity contribution < 1.29 is 9.15 Å². The molecule has 9 heteroatoms. The van der Waals surface area contributed by atoms with Gasteiger partial charge in [-0.1, -0.05) is 6.92 Å². The fourth-order valence-corrected chi connectivity index (χ4v) is 1.70. The van der Waals surface area contributed by atoms with Gasteiger partial charge < -0.3 is 26.4 Å². The number of benzene rings is 1. The number of aryl methyl sites for hydroxylation is 1. The summed E-state index contributed by atoms with van der Waals surface area (Å²) in [7, 11) is 1.52. The summed E-state index contributed by atoms with van der Waals surface area (Å²) < 4.78 is 10.7. The van der Waals surface area contributed by atoms with Crippen LogP contribution in [0.3, 0.4) is 0 Å². The van der Waals surface area contributed by atoms with Crippen LogP contribution in [0.2, 0.25) is 0 Å². The van der Waals surface area contributed by atoms with Gasteiger partial charge in [0, 0.05) is 12.0 Å². The van der Waals surface area contributed by atoms with Crippen LogP contribution >= 0.6 is 0 Å². The predicted octanol–water partition coefficient (Wildman–Crippen LogP) is 0.527. The summed E-state index contributed by atoms with van der Waals surface area (Å²) in [5.41, 5.74) is 17.3. The third kappa shape index (κ3) is 3.51. The zero-order valence-electron chi connectivity index (χ0n) is 12.3. The summed E-state index contributed by atoms with van der Waals surface area (Å²) in [6.07, 6.45) is 0.658. The maximum absolute atomic E-state index is 5.64. The lowest BCUT2D eigenvalue weighted by molar-refractivity contribution is 0.416. The highest BCUT2D eigenvalue weighted by Crippen LogP contribution is 2.32. The van der Waals surface area contributed by atoms with Crippen molar-refractivity contribution in [3.63, 3.8) is 0 Å². The van der Waals surface area contributed by atoms with E-state index in [-0.39, 0.29) is 11.9 Å². The molecule has 0 aliphatic rings. The van der Waals surface area contributed by atoms with E-state index in [4.69, 9.17) is 26.4 Å². The maximum Gasteiger partial charge on any atom is 0.247 e. The number of rotatable bonds is 4. The number of hydrogen-bond donors (Lipinski definition) is 3. The molecule has 9 nitrogen and oxygen atoms in total. The average molecular weight is 303 g/mol. The quantitative estimate of drug-likeness (QED) is 0.550. The third-order valence-corrected chi connectivity index (χ3v) is 2.67. The number of aromatic nitrogens is 2. The normalized spacial score (nSPS) is 11.3. The van der Waals surface area contributed by atoms with Crippen LogP contribution < -0.4 is 21.9 Å². The Kier molecular flexibility index (Phi) is 4.57. The second-order valence-corrected chi connectivity index (χ2v) is 4.25. The van der Waals surface area contributed by atoms with Gasteiger partial charge in [-0.3, -0.25) is 0 Å². The van der Waals surface area contributed by atoms with Crippen molar-refractivity contribution in [3.8, 4) is 17.2 Å². The van der Waals surface area contributed by atoms with E-state index in [1.54, 1.807) is 18.2 Å². The second-order valence-electron chi connectivity index (χ2n) is 4.25. The number of nitrogens with two attached hydrogens (primary N) is 3. The molecule has 0 unspecified atom stereocenters. The van der Waals surface area contributed by atoms with Gasteiger partial charge in [0.25, 0.3) is 0 Å². The van der Waals surface area contributed by atoms with E-state index in [0.29, 0.717) is 35.2 Å². The summed E-state index contributed by atoms with van der Waals surface area (Å²) in [5.74, 6) is 1.18. The standard InChI is InChI=1S/C13H17N7O2/c1-3-10-19-20-11(22-10)7-4-5-9(21-2)8(6-7)17-13(16)18-12(14)15/h4-6H,3H2,1-2H3,(H6,14,15,16,17,18). The summed E-state index contributed by atoms with van der Waals surface area (Å²) in [4.78, 5) is 7.78. The summed E-state index contributed by atoms with van der Waals surface area (Å²) in [6.45, 7) is 1.93. The van der Waals surface area contributed by atoms with Crippen LogP contribution in [-0.4, -0.2) is 29.2 Å². The van der Waals surface area contributed by atoms with E-state index in [1.165, 1.54) is 7.11 Å². The fourth-order valence-electron chi connectivity index (χ4n) is 1.70. The third-order valence-electron chi connectivity index (χ3n) is 2.67. The molecule has 0 amide bonds. The molecule has 0 bridgehead atoms. The molecule has 116 valence electrons. The molecule has 0 spiro atoms. The number of aliphatic imine (C=N–C) groups is 2. The van der Waals surface area contributed by atoms with Crippen LogP contribution in [0.1, 0.15) is 12.8 Å². The maximum atomic E-state index is 5.64. The molecule has 0 fully saturated rings. The van der Waals surface area contributed by atoms with Gasteiger partial charge in [0.2, 0.25) is 17.7 Å². The molecule has 0 radical (unpaired) electrons. The zero-order valence-corrected chi connectivity index (χ0v) is 12.3. The molecule has 6 N–H and O–H groups in total. The lowest BCUT2D eigenvalue weighted by atomic mass is 10.2. The molecule has 1 heterocycles. The summed E-state index contributed by atoms with van der Waals surface area (Å²) >= 11 is 0. The Bertz CT molecular complexity index is 717. The molecule has 0 aliphatic carbocycles. The van der Waals surface area contributed by atoms with Gasteiger partial charge >= 0.3 is 0 Å². The summed E-state index contributed by atoms with van der Waals surface area (Å²) in [6, 6.07) is 5.19. The molecule has 2 aromatic rings. The molecule has 22 heavy (non-hydrogen) atoms. The van der Waals surface area contributed by atoms with Crippen molar-refractivity contribution >= 4 is 17.6 Å². The van der Waals surface area contributed by atoms with Gasteiger partial charge in [-0.05, 0) is 18.2 Å². The second kappa shape index (κ2) is 6.57. The molecule has 0 saturated carbocycles. The Hall–Kier alpha value is -3.10. The van der Waals surface area contributed by atoms with Crippen LogP contribution in [0.5, 0.6) is 5.75 Å². The van der Waals surface area contributed by atoms with Gasteiger partial charge in [0.05, 0.1) is 7.11 Å². The highest BCUT2D eigenvalue weighted by atomic mass is 16.5. The van der Waals surface area contributed by atoms with Gasteiger partial charge in [0.1, 0.15) is 11.4 Å². The Morgan fingerprint density at radius 3 is 2.64 bits per heavy atom. The Morgan fingerprint density at radius 2 is 2.05 bits per heavy atom. The van der Waals surface area contributed by atoms with Crippen LogP contribution in [0.15, 0.2) is 32.6 Å². The first-order valence-corrected chi connectivity index (χ1v) is 6.48. The molecule has 0 aliphatic heterocycles. The van der Waals surface area contributed by atoms with Gasteiger partial charge in [-0.2, -0.15) is 4.99 Å². The van der Waals surface area contributed by atoms with E-state index < -0.39 is 0 Å². The summed E-state index contributed by atoms with van der Waals surface area (Å²) in [5, 5.41) is 7.90. The van der Waals surface area contributed by atoms with E-state index in [1.807, 2.05) is 6.92 Å². The average Bonchev–Trinajstić information content (AvgIpc) is 2.95. The predicted molar refractivity (Wildman–Crippen MR) is 82.8 cm³/mol. The largest absolute Gasteiger partial charge is 0.494 e. The van der Waals surface area contributed by atoms with Crippen molar-refractivity contribution in [2.45, 2.75) is 13.3 Å². The number of hydrogen-bond acceptors (Lipinski definition) is 5. The van der Waals surface area contributed by atoms with E-state index in [2.05, 4.69) is 20.2 Å². The minimum absolute atomic E-state index is 0.0878. The minimum Gasteiger partial charge on any atom is -0.494 e. The van der Waals surface area contributed by atoms with E-state index >= 15 is 0 Å². The van der Waals surface area contributed by atoms with Crippen molar-refractivity contribution in [2.24, 2.45) is 27.2 Å². The molecular formula is C13H17N7O2. The van der Waals surface area contributed by atoms with Crippen LogP contribution in [0.4, 0.5) is 5.69 Å². The number of guanidine groups is 2. The smallest absolute Gasteiger partial charge is 0.247 e. The van der Waals surface area contributed by atoms with Crippen molar-refractivity contribution in [2.75, 3.05) is 7.11 Å². The first kappa shape index (κ1) is 15.3. The van der Waals surface area contributed by atoms with Crippen molar-refractivity contribution in [1.29, 1.82) is 0 Å². The Labute approximate surface area is 126 Å². The van der Waals surface area contributed by atoms with Crippen molar-refractivity contribution in [3.05, 3.63) is 24.1 Å². The van der Waals surface area contributed by atoms with Crippen LogP contribution in [0.25, 0.3) is 11.5 Å². The van der Waals surface area contributed by atoms with Crippen LogP contribution in [-0.2, 0) is 6.42 Å². The first-order valence-electron chi connectivity index (χ1n) is 6.48. The van der Waals surface area contributed by atoms with Gasteiger partial charge in [0.15, 0.2) is 5.96 Å². The SMILES string of the molecule is CCc1nnc(-c2ccc(OC)c(N=C(N)N=C(N)N)c2)o1. The molecule has 0 saturated heterocycles. The number of ether oxygens (including phenoxy) is 1. The number of nitrogens with zero attached hydrogens (tertiary/aromatic N) is 4. The van der Waals surface area contributed by atoms with E-state index in [0.717, 1.165) is 0 Å². The van der Waals surface area contributed by atoms with E-state index in [9.17, 15) is 0 Å². The molecule has 0 atom stereocenters. The van der Waals surface area contributed by atoms with Crippen LogP contribution in [0, 0.1) is 0 Å². The first-order chi connectivity index (χ1) is 10.5. The lowest BCUT2D eigenvalue weighted by Crippen LogP contribution is -2.26.